The molecule has 0 fully saturated rings. The van der Waals surface area contributed by atoms with Crippen molar-refractivity contribution in [1.29, 1.82) is 0 Å². The minimum absolute atomic E-state index is 0.0438. The number of nitro groups is 1. The molecule has 0 radical (unpaired) electrons. The van der Waals surface area contributed by atoms with Crippen LogP contribution in [0.2, 0.25) is 0 Å². The number of nitro benzene ring substituents is 1. The number of hydrogen-bond acceptors (Lipinski definition) is 7. The van der Waals surface area contributed by atoms with Crippen molar-refractivity contribution in [2.24, 2.45) is 5.10 Å². The third kappa shape index (κ3) is 3.19. The number of hydrogen-bond donors (Lipinski definition) is 2. The van der Waals surface area contributed by atoms with Gasteiger partial charge in [0.25, 0.3) is 11.2 Å². The van der Waals surface area contributed by atoms with E-state index in [9.17, 15) is 14.9 Å². The van der Waals surface area contributed by atoms with Gasteiger partial charge in [0.15, 0.2) is 0 Å². The maximum Gasteiger partial charge on any atom is 0.278 e. The SMILES string of the molecule is O=c1cnnc(N/N=C/c2ccccc2[N+](=O)[O-])[nH]1. The molecular weight excluding hydrogens is 252 g/mol. The third-order valence-corrected chi connectivity index (χ3v) is 2.08. The fourth-order valence-corrected chi connectivity index (χ4v) is 1.29. The summed E-state index contributed by atoms with van der Waals surface area (Å²) >= 11 is 0. The zero-order valence-corrected chi connectivity index (χ0v) is 9.48. The van der Waals surface area contributed by atoms with E-state index in [1.54, 1.807) is 18.2 Å². The van der Waals surface area contributed by atoms with Crippen LogP contribution in [0, 0.1) is 10.1 Å². The second-order valence-electron chi connectivity index (χ2n) is 3.37. The van der Waals surface area contributed by atoms with Crippen LogP contribution < -0.4 is 11.0 Å². The topological polar surface area (TPSA) is 126 Å². The predicted octanol–water partition coefficient (Wildman–Crippen LogP) is 0.519. The van der Waals surface area contributed by atoms with Gasteiger partial charge in [0.05, 0.1) is 16.7 Å². The monoisotopic (exact) mass is 260 g/mol. The zero-order chi connectivity index (χ0) is 13.7. The van der Waals surface area contributed by atoms with Gasteiger partial charge in [-0.1, -0.05) is 12.1 Å². The molecule has 0 saturated heterocycles. The highest BCUT2D eigenvalue weighted by Crippen LogP contribution is 2.15. The minimum Gasteiger partial charge on any atom is -0.289 e. The Balaban J connectivity index is 2.15. The summed E-state index contributed by atoms with van der Waals surface area (Å²) in [6, 6.07) is 6.12. The Hall–Kier alpha value is -3.10. The fourth-order valence-electron chi connectivity index (χ4n) is 1.29. The lowest BCUT2D eigenvalue weighted by atomic mass is 10.2. The van der Waals surface area contributed by atoms with Crippen LogP contribution in [0.25, 0.3) is 0 Å². The number of benzene rings is 1. The van der Waals surface area contributed by atoms with E-state index in [1.807, 2.05) is 0 Å². The van der Waals surface area contributed by atoms with Crippen LogP contribution in [0.1, 0.15) is 5.56 Å². The van der Waals surface area contributed by atoms with E-state index in [0.29, 0.717) is 5.56 Å². The van der Waals surface area contributed by atoms with Gasteiger partial charge in [-0.15, -0.1) is 10.2 Å². The largest absolute Gasteiger partial charge is 0.289 e. The van der Waals surface area contributed by atoms with Crippen molar-refractivity contribution in [3.63, 3.8) is 0 Å². The van der Waals surface area contributed by atoms with Crippen LogP contribution in [-0.4, -0.2) is 26.3 Å². The predicted molar refractivity (Wildman–Crippen MR) is 67.0 cm³/mol. The quantitative estimate of drug-likeness (QED) is 0.468. The number of para-hydroxylation sites is 1. The van der Waals surface area contributed by atoms with Crippen molar-refractivity contribution < 1.29 is 4.92 Å². The lowest BCUT2D eigenvalue weighted by Gasteiger charge is -1.97. The number of H-pyrrole nitrogens is 1. The molecule has 2 rings (SSSR count). The number of hydrazone groups is 1. The van der Waals surface area contributed by atoms with Gasteiger partial charge in [0, 0.05) is 6.07 Å². The normalized spacial score (nSPS) is 10.5. The van der Waals surface area contributed by atoms with Crippen LogP contribution >= 0.6 is 0 Å². The first-order chi connectivity index (χ1) is 9.16. The molecule has 1 aromatic heterocycles. The molecule has 2 aromatic rings. The molecular formula is C10H8N6O3. The Morgan fingerprint density at radius 2 is 2.21 bits per heavy atom. The Labute approximate surface area is 106 Å². The van der Waals surface area contributed by atoms with E-state index in [1.165, 1.54) is 12.3 Å². The van der Waals surface area contributed by atoms with E-state index in [0.717, 1.165) is 6.20 Å². The molecule has 0 spiro atoms. The molecule has 0 aliphatic heterocycles. The van der Waals surface area contributed by atoms with E-state index >= 15 is 0 Å². The third-order valence-electron chi connectivity index (χ3n) is 2.08. The number of aromatic amines is 1. The van der Waals surface area contributed by atoms with E-state index in [4.69, 9.17) is 0 Å². The first kappa shape index (κ1) is 12.4. The molecule has 0 aliphatic rings. The van der Waals surface area contributed by atoms with Gasteiger partial charge >= 0.3 is 0 Å². The highest BCUT2D eigenvalue weighted by atomic mass is 16.6. The molecule has 9 heteroatoms. The number of nitrogens with zero attached hydrogens (tertiary/aromatic N) is 4. The van der Waals surface area contributed by atoms with Crippen molar-refractivity contribution >= 4 is 17.9 Å². The molecule has 0 unspecified atom stereocenters. The molecule has 2 N–H and O–H groups in total. The molecule has 1 aromatic carbocycles. The smallest absolute Gasteiger partial charge is 0.278 e. The fraction of sp³-hybridized carbons (Fsp3) is 0. The highest BCUT2D eigenvalue weighted by Gasteiger charge is 2.09. The summed E-state index contributed by atoms with van der Waals surface area (Å²) in [6.45, 7) is 0. The summed E-state index contributed by atoms with van der Waals surface area (Å²) in [5.74, 6) is 0.0438. The van der Waals surface area contributed by atoms with Gasteiger partial charge in [-0.3, -0.25) is 19.9 Å². The van der Waals surface area contributed by atoms with E-state index < -0.39 is 10.5 Å². The van der Waals surface area contributed by atoms with Crippen LogP contribution in [0.15, 0.2) is 40.4 Å². The summed E-state index contributed by atoms with van der Waals surface area (Å²) in [5, 5.41) is 21.5. The molecule has 1 heterocycles. The number of anilines is 1. The van der Waals surface area contributed by atoms with Crippen molar-refractivity contribution in [2.45, 2.75) is 0 Å². The van der Waals surface area contributed by atoms with Crippen molar-refractivity contribution in [1.82, 2.24) is 15.2 Å². The second kappa shape index (κ2) is 5.49. The Morgan fingerprint density at radius 1 is 1.42 bits per heavy atom. The van der Waals surface area contributed by atoms with Crippen molar-refractivity contribution in [3.8, 4) is 0 Å². The Morgan fingerprint density at radius 3 is 2.95 bits per heavy atom. The van der Waals surface area contributed by atoms with Crippen LogP contribution in [0.5, 0.6) is 0 Å². The van der Waals surface area contributed by atoms with Crippen molar-refractivity contribution in [3.05, 3.63) is 56.5 Å². The molecule has 0 saturated carbocycles. The molecule has 19 heavy (non-hydrogen) atoms. The number of nitrogens with one attached hydrogen (secondary N) is 2. The number of aromatic nitrogens is 3. The Kier molecular flexibility index (Phi) is 3.57. The molecule has 0 amide bonds. The highest BCUT2D eigenvalue weighted by molar-refractivity contribution is 5.85. The average molecular weight is 260 g/mol. The average Bonchev–Trinajstić information content (AvgIpc) is 2.39. The summed E-state index contributed by atoms with van der Waals surface area (Å²) in [5.41, 5.74) is 2.24. The van der Waals surface area contributed by atoms with Crippen LogP contribution in [-0.2, 0) is 0 Å². The maximum absolute atomic E-state index is 10.9. The van der Waals surface area contributed by atoms with Gasteiger partial charge in [0.1, 0.15) is 6.20 Å². The first-order valence-electron chi connectivity index (χ1n) is 5.11. The molecule has 96 valence electrons. The summed E-state index contributed by atoms with van der Waals surface area (Å²) in [6.07, 6.45) is 2.27. The van der Waals surface area contributed by atoms with E-state index in [2.05, 4.69) is 25.7 Å². The van der Waals surface area contributed by atoms with E-state index in [-0.39, 0.29) is 11.6 Å². The van der Waals surface area contributed by atoms with Gasteiger partial charge in [-0.2, -0.15) is 5.10 Å². The summed E-state index contributed by atoms with van der Waals surface area (Å²) in [7, 11) is 0. The van der Waals surface area contributed by atoms with Gasteiger partial charge in [-0.05, 0) is 6.07 Å². The Bertz CT molecular complexity index is 681. The minimum atomic E-state index is -0.508. The van der Waals surface area contributed by atoms with Crippen LogP contribution in [0.3, 0.4) is 0 Å². The van der Waals surface area contributed by atoms with Gasteiger partial charge in [0.2, 0.25) is 5.95 Å². The maximum atomic E-state index is 10.9. The van der Waals surface area contributed by atoms with Gasteiger partial charge in [-0.25, -0.2) is 5.43 Å². The molecule has 0 atom stereocenters. The molecule has 0 bridgehead atoms. The molecule has 9 nitrogen and oxygen atoms in total. The first-order valence-corrected chi connectivity index (χ1v) is 5.11. The zero-order valence-electron chi connectivity index (χ0n) is 9.48. The summed E-state index contributed by atoms with van der Waals surface area (Å²) < 4.78 is 0. The second-order valence-corrected chi connectivity index (χ2v) is 3.37. The van der Waals surface area contributed by atoms with Crippen molar-refractivity contribution in [2.75, 3.05) is 5.43 Å². The lowest BCUT2D eigenvalue weighted by molar-refractivity contribution is -0.385. The van der Waals surface area contributed by atoms with Crippen LogP contribution in [0.4, 0.5) is 11.6 Å². The lowest BCUT2D eigenvalue weighted by Crippen LogP contribution is -2.10. The van der Waals surface area contributed by atoms with Gasteiger partial charge < -0.3 is 0 Å². The standard InChI is InChI=1S/C10H8N6O3/c17-9-6-12-15-10(13-9)14-11-5-7-3-1-2-4-8(7)16(18)19/h1-6H,(H2,13,14,15,17)/b11-5+. The molecule has 0 aliphatic carbocycles. The summed E-state index contributed by atoms with van der Waals surface area (Å²) in [4.78, 5) is 23.5. The number of rotatable bonds is 4.